The molecule has 0 fully saturated rings. The molecule has 0 atom stereocenters. The van der Waals surface area contributed by atoms with Gasteiger partial charge in [-0.15, -0.1) is 24.0 Å². The highest BCUT2D eigenvalue weighted by atomic mass is 79.9. The normalized spacial score (nSPS) is 10.8. The lowest BCUT2D eigenvalue weighted by Gasteiger charge is -1.95. The number of nitrogen functional groups attached to an aromatic ring is 1. The third-order valence-electron chi connectivity index (χ3n) is 1.60. The van der Waals surface area contributed by atoms with Crippen LogP contribution in [-0.2, 0) is 0 Å². The molecule has 2 rings (SSSR count). The summed E-state index contributed by atoms with van der Waals surface area (Å²) in [5, 5.41) is 2.00. The summed E-state index contributed by atoms with van der Waals surface area (Å²) in [5.41, 5.74) is 5.67. The van der Waals surface area contributed by atoms with Gasteiger partial charge in [-0.25, -0.2) is 0 Å². The molecule has 0 spiro atoms. The van der Waals surface area contributed by atoms with Crippen LogP contribution in [0, 0.1) is 0 Å². The zero-order valence-corrected chi connectivity index (χ0v) is 9.34. The van der Waals surface area contributed by atoms with Gasteiger partial charge in [0, 0.05) is 14.1 Å². The molecule has 0 radical (unpaired) electrons. The van der Waals surface area contributed by atoms with Crippen LogP contribution >= 0.6 is 39.9 Å². The third kappa shape index (κ3) is 1.34. The van der Waals surface area contributed by atoms with E-state index in [0.717, 1.165) is 19.8 Å². The number of hydrogen-bond donors (Lipinski definition) is 2. The number of thiol groups is 1. The maximum absolute atomic E-state index is 5.67. The highest BCUT2D eigenvalue weighted by molar-refractivity contribution is 9.10. The largest absolute Gasteiger partial charge is 0.391 e. The van der Waals surface area contributed by atoms with Crippen LogP contribution in [0.5, 0.6) is 0 Å². The van der Waals surface area contributed by atoms with E-state index in [4.69, 9.17) is 5.73 Å². The van der Waals surface area contributed by atoms with E-state index in [1.165, 1.54) is 4.70 Å². The van der Waals surface area contributed by atoms with Crippen molar-refractivity contribution in [2.45, 2.75) is 4.90 Å². The van der Waals surface area contributed by atoms with Gasteiger partial charge in [0.1, 0.15) is 0 Å². The molecule has 12 heavy (non-hydrogen) atoms. The number of nitrogens with two attached hydrogens (primary N) is 1. The third-order valence-corrected chi connectivity index (χ3v) is 3.86. The Morgan fingerprint density at radius 3 is 2.83 bits per heavy atom. The molecule has 1 heterocycles. The lowest BCUT2D eigenvalue weighted by molar-refractivity contribution is 1.48. The van der Waals surface area contributed by atoms with E-state index in [2.05, 4.69) is 28.6 Å². The Kier molecular flexibility index (Phi) is 2.06. The Balaban J connectivity index is 2.83. The molecule has 0 bridgehead atoms. The van der Waals surface area contributed by atoms with E-state index in [1.807, 2.05) is 18.2 Å². The lowest BCUT2D eigenvalue weighted by atomic mass is 10.3. The first kappa shape index (κ1) is 8.41. The number of thiophene rings is 1. The fraction of sp³-hybridized carbons (Fsp3) is 0. The van der Waals surface area contributed by atoms with Crippen LogP contribution in [-0.4, -0.2) is 0 Å². The Morgan fingerprint density at radius 1 is 1.33 bits per heavy atom. The van der Waals surface area contributed by atoms with Crippen molar-refractivity contribution >= 4 is 55.0 Å². The van der Waals surface area contributed by atoms with Gasteiger partial charge in [0.05, 0.1) is 5.00 Å². The standard InChI is InChI=1S/C8H6BrNS2/c9-5-3-7-4(1-6(5)11)2-8(10)12-7/h1-3,11H,10H2. The second kappa shape index (κ2) is 2.94. The van der Waals surface area contributed by atoms with Crippen molar-refractivity contribution in [3.63, 3.8) is 0 Å². The molecule has 1 nitrogen and oxygen atoms in total. The van der Waals surface area contributed by atoms with E-state index in [1.54, 1.807) is 11.3 Å². The molecule has 0 aliphatic carbocycles. The number of rotatable bonds is 0. The Morgan fingerprint density at radius 2 is 2.08 bits per heavy atom. The Labute approximate surface area is 88.1 Å². The summed E-state index contributed by atoms with van der Waals surface area (Å²) >= 11 is 9.30. The molecule has 4 heteroatoms. The van der Waals surface area contributed by atoms with Crippen molar-refractivity contribution in [3.05, 3.63) is 22.7 Å². The molecule has 0 amide bonds. The van der Waals surface area contributed by atoms with E-state index in [9.17, 15) is 0 Å². The second-order valence-corrected chi connectivity index (χ2v) is 4.94. The first-order chi connectivity index (χ1) is 5.66. The topological polar surface area (TPSA) is 26.0 Å². The van der Waals surface area contributed by atoms with Gasteiger partial charge in [-0.1, -0.05) is 0 Å². The van der Waals surface area contributed by atoms with Gasteiger partial charge in [0.25, 0.3) is 0 Å². The monoisotopic (exact) mass is 259 g/mol. The number of halogens is 1. The minimum absolute atomic E-state index is 0.843. The van der Waals surface area contributed by atoms with Gasteiger partial charge in [0.2, 0.25) is 0 Å². The maximum Gasteiger partial charge on any atom is 0.0868 e. The Hall–Kier alpha value is -0.190. The van der Waals surface area contributed by atoms with Crippen molar-refractivity contribution in [3.8, 4) is 0 Å². The molecule has 2 aromatic rings. The van der Waals surface area contributed by atoms with Crippen LogP contribution in [0.15, 0.2) is 27.6 Å². The van der Waals surface area contributed by atoms with Crippen LogP contribution < -0.4 is 5.73 Å². The average molecular weight is 260 g/mol. The zero-order valence-electron chi connectivity index (χ0n) is 6.04. The predicted octanol–water partition coefficient (Wildman–Crippen LogP) is 3.53. The summed E-state index contributed by atoms with van der Waals surface area (Å²) in [6, 6.07) is 6.01. The summed E-state index contributed by atoms with van der Waals surface area (Å²) in [4.78, 5) is 0.945. The van der Waals surface area contributed by atoms with Crippen LogP contribution in [0.3, 0.4) is 0 Å². The molecule has 2 N–H and O–H groups in total. The van der Waals surface area contributed by atoms with Gasteiger partial charge in [-0.2, -0.15) is 0 Å². The van der Waals surface area contributed by atoms with E-state index in [-0.39, 0.29) is 0 Å². The fourth-order valence-electron chi connectivity index (χ4n) is 1.07. The lowest BCUT2D eigenvalue weighted by Crippen LogP contribution is -1.72. The first-order valence-electron chi connectivity index (χ1n) is 3.34. The highest BCUT2D eigenvalue weighted by Crippen LogP contribution is 2.33. The Bertz CT molecular complexity index is 397. The number of fused-ring (bicyclic) bond motifs is 1. The van der Waals surface area contributed by atoms with E-state index < -0.39 is 0 Å². The van der Waals surface area contributed by atoms with Gasteiger partial charge < -0.3 is 5.73 Å². The van der Waals surface area contributed by atoms with Crippen LogP contribution in [0.1, 0.15) is 0 Å². The second-order valence-electron chi connectivity index (χ2n) is 2.49. The molecule has 1 aromatic carbocycles. The van der Waals surface area contributed by atoms with Crippen LogP contribution in [0.25, 0.3) is 10.1 Å². The zero-order chi connectivity index (χ0) is 8.72. The fourth-order valence-corrected chi connectivity index (χ4v) is 2.62. The average Bonchev–Trinajstić information content (AvgIpc) is 2.30. The van der Waals surface area contributed by atoms with Crippen molar-refractivity contribution in [1.29, 1.82) is 0 Å². The van der Waals surface area contributed by atoms with Gasteiger partial charge >= 0.3 is 0 Å². The predicted molar refractivity (Wildman–Crippen MR) is 61.2 cm³/mol. The van der Waals surface area contributed by atoms with Gasteiger partial charge in [0.15, 0.2) is 0 Å². The van der Waals surface area contributed by atoms with E-state index in [0.29, 0.717) is 0 Å². The minimum Gasteiger partial charge on any atom is -0.391 e. The van der Waals surface area contributed by atoms with Crippen molar-refractivity contribution < 1.29 is 0 Å². The number of anilines is 1. The molecule has 0 aliphatic rings. The van der Waals surface area contributed by atoms with Crippen molar-refractivity contribution in [2.75, 3.05) is 5.73 Å². The molecule has 0 saturated heterocycles. The molecule has 1 aromatic heterocycles. The summed E-state index contributed by atoms with van der Waals surface area (Å²) in [6.45, 7) is 0. The smallest absolute Gasteiger partial charge is 0.0868 e. The molecule has 0 aliphatic heterocycles. The van der Waals surface area contributed by atoms with Gasteiger partial charge in [-0.05, 0) is 39.5 Å². The van der Waals surface area contributed by atoms with E-state index >= 15 is 0 Å². The summed E-state index contributed by atoms with van der Waals surface area (Å²) in [7, 11) is 0. The highest BCUT2D eigenvalue weighted by Gasteiger charge is 2.02. The molecule has 0 unspecified atom stereocenters. The molecule has 0 saturated carbocycles. The van der Waals surface area contributed by atoms with Crippen molar-refractivity contribution in [2.24, 2.45) is 0 Å². The molecule has 62 valence electrons. The molecular formula is C8H6BrNS2. The van der Waals surface area contributed by atoms with Crippen LogP contribution in [0.4, 0.5) is 5.00 Å². The minimum atomic E-state index is 0.843. The van der Waals surface area contributed by atoms with Crippen LogP contribution in [0.2, 0.25) is 0 Å². The van der Waals surface area contributed by atoms with Crippen molar-refractivity contribution in [1.82, 2.24) is 0 Å². The summed E-state index contributed by atoms with van der Waals surface area (Å²) in [5.74, 6) is 0. The first-order valence-corrected chi connectivity index (χ1v) is 5.40. The SMILES string of the molecule is Nc1cc2cc(S)c(Br)cc2s1. The number of benzene rings is 1. The summed E-state index contributed by atoms with van der Waals surface area (Å²) < 4.78 is 2.21. The summed E-state index contributed by atoms with van der Waals surface area (Å²) in [6.07, 6.45) is 0. The van der Waals surface area contributed by atoms with Gasteiger partial charge in [-0.3, -0.25) is 0 Å². The number of hydrogen-bond acceptors (Lipinski definition) is 3. The molecular weight excluding hydrogens is 254 g/mol. The maximum atomic E-state index is 5.67. The quantitative estimate of drug-likeness (QED) is 0.696.